The van der Waals surface area contributed by atoms with Crippen LogP contribution in [-0.2, 0) is 12.8 Å². The van der Waals surface area contributed by atoms with Gasteiger partial charge in [0.2, 0.25) is 0 Å². The number of rotatable bonds is 0. The minimum atomic E-state index is 0. The second-order valence-electron chi connectivity index (χ2n) is 4.92. The highest BCUT2D eigenvalue weighted by molar-refractivity contribution is 5.85. The van der Waals surface area contributed by atoms with Gasteiger partial charge in [-0.2, -0.15) is 0 Å². The van der Waals surface area contributed by atoms with E-state index in [2.05, 4.69) is 41.7 Å². The van der Waals surface area contributed by atoms with Crippen LogP contribution in [0, 0.1) is 0 Å². The van der Waals surface area contributed by atoms with Crippen molar-refractivity contribution in [3.63, 3.8) is 0 Å². The van der Waals surface area contributed by atoms with E-state index in [-0.39, 0.29) is 12.4 Å². The van der Waals surface area contributed by atoms with E-state index in [1.807, 2.05) is 12.1 Å². The molecule has 1 aliphatic rings. The Labute approximate surface area is 126 Å². The molecule has 0 aromatic heterocycles. The molecule has 1 heterocycles. The first kappa shape index (κ1) is 14.9. The van der Waals surface area contributed by atoms with E-state index in [0.29, 0.717) is 0 Å². The van der Waals surface area contributed by atoms with Crippen LogP contribution in [0.5, 0.6) is 11.5 Å². The molecule has 2 nitrogen and oxygen atoms in total. The average Bonchev–Trinajstić information content (AvgIpc) is 2.49. The lowest BCUT2D eigenvalue weighted by atomic mass is 10.1. The Bertz CT molecular complexity index is 507. The second-order valence-corrected chi connectivity index (χ2v) is 4.92. The molecule has 106 valence electrons. The van der Waals surface area contributed by atoms with Crippen molar-refractivity contribution in [2.75, 3.05) is 13.1 Å². The Morgan fingerprint density at radius 3 is 2.05 bits per heavy atom. The maximum absolute atomic E-state index is 6.15. The molecule has 0 spiro atoms. The van der Waals surface area contributed by atoms with Crippen LogP contribution in [0.3, 0.4) is 0 Å². The van der Waals surface area contributed by atoms with Crippen LogP contribution in [0.1, 0.15) is 17.5 Å². The molecule has 0 atom stereocenters. The van der Waals surface area contributed by atoms with Gasteiger partial charge in [-0.15, -0.1) is 12.4 Å². The standard InChI is InChI=1S/C17H19NO.ClH/c1-3-9-16-14(6-1)8-5-12-18-13-11-15-7-2-4-10-17(15)19-16;/h1-4,6-7,9-10,18H,5,8,11-13H2;1H. The van der Waals surface area contributed by atoms with Crippen molar-refractivity contribution in [2.24, 2.45) is 0 Å². The predicted molar refractivity (Wildman–Crippen MR) is 85.1 cm³/mol. The molecule has 2 aromatic rings. The molecular weight excluding hydrogens is 270 g/mol. The van der Waals surface area contributed by atoms with Crippen molar-refractivity contribution in [2.45, 2.75) is 19.3 Å². The molecule has 1 aliphatic heterocycles. The fourth-order valence-electron chi connectivity index (χ4n) is 2.49. The molecule has 0 bridgehead atoms. The van der Waals surface area contributed by atoms with Crippen LogP contribution in [0.2, 0.25) is 0 Å². The third-order valence-electron chi connectivity index (χ3n) is 3.54. The van der Waals surface area contributed by atoms with Crippen molar-refractivity contribution in [3.8, 4) is 11.5 Å². The lowest BCUT2D eigenvalue weighted by molar-refractivity contribution is 0.470. The first-order valence-electron chi connectivity index (χ1n) is 6.98. The first-order valence-corrected chi connectivity index (χ1v) is 6.98. The van der Waals surface area contributed by atoms with Gasteiger partial charge in [-0.1, -0.05) is 36.4 Å². The van der Waals surface area contributed by atoms with E-state index in [1.165, 1.54) is 11.1 Å². The zero-order chi connectivity index (χ0) is 12.9. The summed E-state index contributed by atoms with van der Waals surface area (Å²) in [4.78, 5) is 0. The van der Waals surface area contributed by atoms with E-state index in [0.717, 1.165) is 43.9 Å². The molecule has 20 heavy (non-hydrogen) atoms. The molecule has 3 heteroatoms. The van der Waals surface area contributed by atoms with E-state index in [9.17, 15) is 0 Å². The second kappa shape index (κ2) is 7.32. The fourth-order valence-corrected chi connectivity index (χ4v) is 2.49. The maximum Gasteiger partial charge on any atom is 0.130 e. The minimum Gasteiger partial charge on any atom is -0.457 e. The summed E-state index contributed by atoms with van der Waals surface area (Å²) in [6, 6.07) is 16.7. The average molecular weight is 290 g/mol. The quantitative estimate of drug-likeness (QED) is 0.792. The Balaban J connectivity index is 0.00000147. The van der Waals surface area contributed by atoms with Crippen LogP contribution in [0.4, 0.5) is 0 Å². The summed E-state index contributed by atoms with van der Waals surface area (Å²) in [5.41, 5.74) is 2.56. The first-order chi connectivity index (χ1) is 9.43. The van der Waals surface area contributed by atoms with E-state index >= 15 is 0 Å². The predicted octanol–water partition coefficient (Wildman–Crippen LogP) is 3.98. The molecule has 0 radical (unpaired) electrons. The Kier molecular flexibility index (Phi) is 5.45. The number of nitrogens with one attached hydrogen (secondary N) is 1. The third kappa shape index (κ3) is 3.53. The van der Waals surface area contributed by atoms with Gasteiger partial charge in [0.25, 0.3) is 0 Å². The van der Waals surface area contributed by atoms with Gasteiger partial charge >= 0.3 is 0 Å². The Hall–Kier alpha value is -1.51. The van der Waals surface area contributed by atoms with Crippen molar-refractivity contribution in [1.82, 2.24) is 5.32 Å². The molecule has 0 amide bonds. The highest BCUT2D eigenvalue weighted by atomic mass is 35.5. The van der Waals surface area contributed by atoms with Gasteiger partial charge in [-0.3, -0.25) is 0 Å². The molecular formula is C17H20ClNO. The molecule has 3 rings (SSSR count). The number of hydrogen-bond donors (Lipinski definition) is 1. The van der Waals surface area contributed by atoms with Crippen molar-refractivity contribution >= 4 is 12.4 Å². The number of benzene rings is 2. The number of fused-ring (bicyclic) bond motifs is 2. The summed E-state index contributed by atoms with van der Waals surface area (Å²) in [7, 11) is 0. The van der Waals surface area contributed by atoms with E-state index in [1.54, 1.807) is 0 Å². The molecule has 0 fully saturated rings. The lowest BCUT2D eigenvalue weighted by Gasteiger charge is -2.13. The number of hydrogen-bond acceptors (Lipinski definition) is 2. The van der Waals surface area contributed by atoms with Crippen LogP contribution >= 0.6 is 12.4 Å². The number of para-hydroxylation sites is 2. The molecule has 0 unspecified atom stereocenters. The number of halogens is 1. The van der Waals surface area contributed by atoms with E-state index in [4.69, 9.17) is 4.74 Å². The maximum atomic E-state index is 6.15. The normalized spacial score (nSPS) is 14.8. The zero-order valence-electron chi connectivity index (χ0n) is 11.5. The number of ether oxygens (including phenoxy) is 1. The Morgan fingerprint density at radius 2 is 1.35 bits per heavy atom. The summed E-state index contributed by atoms with van der Waals surface area (Å²) < 4.78 is 6.15. The van der Waals surface area contributed by atoms with E-state index < -0.39 is 0 Å². The number of aryl methyl sites for hydroxylation is 1. The highest BCUT2D eigenvalue weighted by Gasteiger charge is 2.09. The van der Waals surface area contributed by atoms with Crippen LogP contribution in [-0.4, -0.2) is 13.1 Å². The summed E-state index contributed by atoms with van der Waals surface area (Å²) in [5.74, 6) is 1.98. The van der Waals surface area contributed by atoms with Gasteiger partial charge < -0.3 is 10.1 Å². The van der Waals surface area contributed by atoms with Crippen molar-refractivity contribution < 1.29 is 4.74 Å². The SMILES string of the molecule is Cl.c1ccc2c(c1)CCCNCCc1ccccc1O2. The van der Waals surface area contributed by atoms with Crippen LogP contribution in [0.25, 0.3) is 0 Å². The summed E-state index contributed by atoms with van der Waals surface area (Å²) in [6.45, 7) is 2.08. The van der Waals surface area contributed by atoms with Gasteiger partial charge in [-0.05, 0) is 55.6 Å². The fraction of sp³-hybridized carbons (Fsp3) is 0.294. The summed E-state index contributed by atoms with van der Waals surface area (Å²) in [5, 5.41) is 3.50. The minimum absolute atomic E-state index is 0. The zero-order valence-corrected chi connectivity index (χ0v) is 12.3. The molecule has 0 aliphatic carbocycles. The molecule has 0 saturated heterocycles. The van der Waals surface area contributed by atoms with Crippen LogP contribution < -0.4 is 10.1 Å². The summed E-state index contributed by atoms with van der Waals surface area (Å²) in [6.07, 6.45) is 3.22. The van der Waals surface area contributed by atoms with Crippen LogP contribution in [0.15, 0.2) is 48.5 Å². The topological polar surface area (TPSA) is 21.3 Å². The van der Waals surface area contributed by atoms with Crippen molar-refractivity contribution in [3.05, 3.63) is 59.7 Å². The Morgan fingerprint density at radius 1 is 0.750 bits per heavy atom. The third-order valence-corrected chi connectivity index (χ3v) is 3.54. The molecule has 2 aromatic carbocycles. The largest absolute Gasteiger partial charge is 0.457 e. The lowest BCUT2D eigenvalue weighted by Crippen LogP contribution is -2.18. The smallest absolute Gasteiger partial charge is 0.130 e. The molecule has 1 N–H and O–H groups in total. The highest BCUT2D eigenvalue weighted by Crippen LogP contribution is 2.29. The van der Waals surface area contributed by atoms with Gasteiger partial charge in [0, 0.05) is 0 Å². The van der Waals surface area contributed by atoms with Gasteiger partial charge in [0.1, 0.15) is 11.5 Å². The molecule has 0 saturated carbocycles. The van der Waals surface area contributed by atoms with Gasteiger partial charge in [0.15, 0.2) is 0 Å². The summed E-state index contributed by atoms with van der Waals surface area (Å²) >= 11 is 0. The van der Waals surface area contributed by atoms with Gasteiger partial charge in [-0.25, -0.2) is 0 Å². The van der Waals surface area contributed by atoms with Gasteiger partial charge in [0.05, 0.1) is 0 Å². The monoisotopic (exact) mass is 289 g/mol. The van der Waals surface area contributed by atoms with Crippen molar-refractivity contribution in [1.29, 1.82) is 0 Å².